The molecule has 0 unspecified atom stereocenters. The number of hydrogen-bond donors (Lipinski definition) is 1. The van der Waals surface area contributed by atoms with E-state index < -0.39 is 0 Å². The van der Waals surface area contributed by atoms with Crippen molar-refractivity contribution in [1.82, 2.24) is 24.6 Å². The summed E-state index contributed by atoms with van der Waals surface area (Å²) in [4.78, 5) is 21.5. The number of hydrogen-bond acceptors (Lipinski definition) is 7. The Labute approximate surface area is 145 Å². The second-order valence-corrected chi connectivity index (χ2v) is 7.36. The zero-order valence-corrected chi connectivity index (χ0v) is 14.7. The number of nitrogens with zero attached hydrogens (tertiary/aromatic N) is 5. The Balaban J connectivity index is 1.85. The standard InChI is InChI=1S/C15H14N6OS2/c1-8-16-5-4-9(18-8)7-21-14(22)11-10(6-17-21)12-13(20(11)2)19-15(23-3)24-12/h4-6,18H,1,7H2,2-3H3. The SMILES string of the molecule is C=C1N=CC=C(Cn2ncc3c4sc(SC)nc4n(C)c3c2=O)N1. The number of fused-ring (bicyclic) bond motifs is 3. The lowest BCUT2D eigenvalue weighted by Gasteiger charge is -2.13. The maximum Gasteiger partial charge on any atom is 0.291 e. The lowest BCUT2D eigenvalue weighted by atomic mass is 10.3. The van der Waals surface area contributed by atoms with Gasteiger partial charge in [-0.2, -0.15) is 5.10 Å². The average Bonchev–Trinajstić information content (AvgIpc) is 3.10. The van der Waals surface area contributed by atoms with Crippen LogP contribution >= 0.6 is 23.1 Å². The summed E-state index contributed by atoms with van der Waals surface area (Å²) in [6.07, 6.45) is 7.20. The van der Waals surface area contributed by atoms with Gasteiger partial charge in [-0.05, 0) is 12.3 Å². The van der Waals surface area contributed by atoms with Crippen molar-refractivity contribution >= 4 is 50.6 Å². The van der Waals surface area contributed by atoms with E-state index in [1.807, 2.05) is 23.9 Å². The van der Waals surface area contributed by atoms with Crippen LogP contribution in [0.3, 0.4) is 0 Å². The maximum absolute atomic E-state index is 12.9. The Morgan fingerprint density at radius 1 is 1.46 bits per heavy atom. The van der Waals surface area contributed by atoms with E-state index in [-0.39, 0.29) is 5.56 Å². The quantitative estimate of drug-likeness (QED) is 0.726. The van der Waals surface area contributed by atoms with E-state index in [1.165, 1.54) is 4.68 Å². The fourth-order valence-electron chi connectivity index (χ4n) is 2.70. The van der Waals surface area contributed by atoms with Crippen molar-refractivity contribution in [1.29, 1.82) is 0 Å². The molecule has 122 valence electrons. The Kier molecular flexibility index (Phi) is 3.54. The van der Waals surface area contributed by atoms with E-state index in [0.717, 1.165) is 25.8 Å². The van der Waals surface area contributed by atoms with Crippen molar-refractivity contribution in [3.05, 3.63) is 40.7 Å². The molecule has 0 spiro atoms. The molecule has 0 aromatic carbocycles. The zero-order chi connectivity index (χ0) is 16.8. The third kappa shape index (κ3) is 2.28. The number of thiazole rings is 1. The molecule has 0 aliphatic carbocycles. The molecular formula is C15H14N6OS2. The summed E-state index contributed by atoms with van der Waals surface area (Å²) in [6.45, 7) is 4.10. The van der Waals surface area contributed by atoms with Crippen LogP contribution in [-0.4, -0.2) is 31.8 Å². The van der Waals surface area contributed by atoms with Crippen molar-refractivity contribution in [3.63, 3.8) is 0 Å². The number of thioether (sulfide) groups is 1. The molecule has 9 heteroatoms. The Morgan fingerprint density at radius 3 is 3.04 bits per heavy atom. The van der Waals surface area contributed by atoms with Crippen molar-refractivity contribution in [2.45, 2.75) is 10.9 Å². The number of aliphatic imine (C=N–C) groups is 1. The summed E-state index contributed by atoms with van der Waals surface area (Å²) in [5.74, 6) is 0.551. The Morgan fingerprint density at radius 2 is 2.29 bits per heavy atom. The first-order valence-corrected chi connectivity index (χ1v) is 9.21. The summed E-state index contributed by atoms with van der Waals surface area (Å²) >= 11 is 3.19. The minimum absolute atomic E-state index is 0.137. The summed E-state index contributed by atoms with van der Waals surface area (Å²) in [7, 11) is 1.87. The first-order chi connectivity index (χ1) is 11.6. The molecule has 0 saturated heterocycles. The van der Waals surface area contributed by atoms with Crippen LogP contribution in [0.15, 0.2) is 44.5 Å². The van der Waals surface area contributed by atoms with Gasteiger partial charge in [0.1, 0.15) is 11.3 Å². The molecule has 4 rings (SSSR count). The van der Waals surface area contributed by atoms with E-state index in [1.54, 1.807) is 35.5 Å². The molecule has 3 aromatic heterocycles. The van der Waals surface area contributed by atoms with Crippen molar-refractivity contribution in [2.24, 2.45) is 12.0 Å². The van der Waals surface area contributed by atoms with Gasteiger partial charge in [-0.15, -0.1) is 11.3 Å². The van der Waals surface area contributed by atoms with Gasteiger partial charge in [0.05, 0.1) is 17.4 Å². The van der Waals surface area contributed by atoms with E-state index in [0.29, 0.717) is 17.9 Å². The Hall–Kier alpha value is -2.39. The largest absolute Gasteiger partial charge is 0.343 e. The predicted molar refractivity (Wildman–Crippen MR) is 98.8 cm³/mol. The highest BCUT2D eigenvalue weighted by Gasteiger charge is 2.18. The van der Waals surface area contributed by atoms with Gasteiger partial charge < -0.3 is 9.88 Å². The highest BCUT2D eigenvalue weighted by molar-refractivity contribution is 8.00. The van der Waals surface area contributed by atoms with E-state index >= 15 is 0 Å². The second kappa shape index (κ2) is 5.60. The van der Waals surface area contributed by atoms with Crippen molar-refractivity contribution in [3.8, 4) is 0 Å². The van der Waals surface area contributed by atoms with Gasteiger partial charge in [-0.25, -0.2) is 14.7 Å². The third-order valence-corrected chi connectivity index (χ3v) is 5.87. The van der Waals surface area contributed by atoms with Crippen LogP contribution in [0.4, 0.5) is 0 Å². The molecule has 0 radical (unpaired) electrons. The van der Waals surface area contributed by atoms with Gasteiger partial charge in [0.2, 0.25) is 0 Å². The smallest absolute Gasteiger partial charge is 0.291 e. The Bertz CT molecular complexity index is 1100. The molecule has 24 heavy (non-hydrogen) atoms. The lowest BCUT2D eigenvalue weighted by Crippen LogP contribution is -2.28. The van der Waals surface area contributed by atoms with Crippen LogP contribution in [0.1, 0.15) is 0 Å². The number of aromatic nitrogens is 4. The van der Waals surface area contributed by atoms with E-state index in [9.17, 15) is 4.79 Å². The number of rotatable bonds is 3. The number of nitrogens with one attached hydrogen (secondary N) is 1. The molecule has 0 amide bonds. The monoisotopic (exact) mass is 358 g/mol. The highest BCUT2D eigenvalue weighted by atomic mass is 32.2. The van der Waals surface area contributed by atoms with Gasteiger partial charge in [-0.3, -0.25) is 4.79 Å². The van der Waals surface area contributed by atoms with Gasteiger partial charge in [-0.1, -0.05) is 18.3 Å². The molecule has 1 aliphatic rings. The van der Waals surface area contributed by atoms with Crippen LogP contribution in [0.2, 0.25) is 0 Å². The fraction of sp³-hybridized carbons (Fsp3) is 0.200. The molecule has 0 bridgehead atoms. The predicted octanol–water partition coefficient (Wildman–Crippen LogP) is 2.10. The van der Waals surface area contributed by atoms with Gasteiger partial charge in [0.15, 0.2) is 9.99 Å². The lowest BCUT2D eigenvalue weighted by molar-refractivity contribution is 0.612. The fourth-order valence-corrected chi connectivity index (χ4v) is 4.30. The molecule has 4 heterocycles. The molecule has 0 fully saturated rings. The molecular weight excluding hydrogens is 344 g/mol. The van der Waals surface area contributed by atoms with E-state index in [4.69, 9.17) is 0 Å². The molecule has 1 aliphatic heterocycles. The molecule has 0 atom stereocenters. The highest BCUT2D eigenvalue weighted by Crippen LogP contribution is 2.34. The van der Waals surface area contributed by atoms with Crippen LogP contribution in [0.5, 0.6) is 0 Å². The summed E-state index contributed by atoms with van der Waals surface area (Å²) < 4.78 is 5.28. The summed E-state index contributed by atoms with van der Waals surface area (Å²) in [5.41, 5.74) is 2.13. The molecule has 0 saturated carbocycles. The third-order valence-electron chi connectivity index (χ3n) is 3.81. The second-order valence-electron chi connectivity index (χ2n) is 5.31. The summed E-state index contributed by atoms with van der Waals surface area (Å²) in [5, 5.41) is 8.22. The minimum atomic E-state index is -0.137. The minimum Gasteiger partial charge on any atom is -0.343 e. The summed E-state index contributed by atoms with van der Waals surface area (Å²) in [6, 6.07) is 0. The van der Waals surface area contributed by atoms with E-state index in [2.05, 4.69) is 27.0 Å². The van der Waals surface area contributed by atoms with Crippen LogP contribution in [0.25, 0.3) is 21.3 Å². The van der Waals surface area contributed by atoms with Crippen LogP contribution in [-0.2, 0) is 13.6 Å². The zero-order valence-electron chi connectivity index (χ0n) is 13.1. The van der Waals surface area contributed by atoms with Gasteiger partial charge in [0.25, 0.3) is 5.56 Å². The number of aryl methyl sites for hydroxylation is 1. The molecule has 7 nitrogen and oxygen atoms in total. The first kappa shape index (κ1) is 15.2. The first-order valence-electron chi connectivity index (χ1n) is 7.16. The van der Waals surface area contributed by atoms with Crippen LogP contribution in [0, 0.1) is 0 Å². The topological polar surface area (TPSA) is 77.1 Å². The molecule has 3 aromatic rings. The van der Waals surface area contributed by atoms with Gasteiger partial charge >= 0.3 is 0 Å². The number of allylic oxidation sites excluding steroid dienone is 2. The van der Waals surface area contributed by atoms with Gasteiger partial charge in [0, 0.05) is 24.3 Å². The average molecular weight is 358 g/mol. The maximum atomic E-state index is 12.9. The van der Waals surface area contributed by atoms with Crippen molar-refractivity contribution in [2.75, 3.05) is 6.26 Å². The molecule has 1 N–H and O–H groups in total. The van der Waals surface area contributed by atoms with Crippen molar-refractivity contribution < 1.29 is 0 Å². The van der Waals surface area contributed by atoms with Crippen LogP contribution < -0.4 is 10.9 Å². The normalized spacial score (nSPS) is 14.4.